The summed E-state index contributed by atoms with van der Waals surface area (Å²) in [6, 6.07) is 14.1. The van der Waals surface area contributed by atoms with Crippen LogP contribution in [0.4, 0.5) is 14.0 Å². The van der Waals surface area contributed by atoms with E-state index in [1.807, 2.05) is 23.1 Å². The quantitative estimate of drug-likeness (QED) is 0.863. The van der Waals surface area contributed by atoms with Gasteiger partial charge in [-0.15, -0.1) is 0 Å². The molecule has 0 aliphatic carbocycles. The number of nitrogens with zero attached hydrogens (tertiary/aromatic N) is 2. The van der Waals surface area contributed by atoms with Crippen molar-refractivity contribution in [2.24, 2.45) is 11.7 Å². The van der Waals surface area contributed by atoms with Crippen molar-refractivity contribution in [1.82, 2.24) is 9.80 Å². The number of hydrogen-bond acceptors (Lipinski definition) is 3. The van der Waals surface area contributed by atoms with E-state index in [1.54, 1.807) is 17.0 Å². The molecule has 2 N–H and O–H groups in total. The third kappa shape index (κ3) is 4.04. The standard InChI is InChI=1S/C22H24FN3O3/c23-18-7-5-17(6-8-18)20-19-4-2-1-3-16(19)10-12-26(20)22(28)25-11-9-15(13-25)14-29-21(24)27/h1-8,15,20H,9-14H2,(H2,24,27)/t15?,20-/m0/s1. The van der Waals surface area contributed by atoms with Crippen molar-refractivity contribution in [2.75, 3.05) is 26.2 Å². The van der Waals surface area contributed by atoms with E-state index in [0.717, 1.165) is 24.0 Å². The van der Waals surface area contributed by atoms with Gasteiger partial charge in [-0.2, -0.15) is 0 Å². The Morgan fingerprint density at radius 3 is 2.62 bits per heavy atom. The fourth-order valence-electron chi connectivity index (χ4n) is 4.30. The van der Waals surface area contributed by atoms with Crippen LogP contribution in [0.15, 0.2) is 48.5 Å². The zero-order valence-electron chi connectivity index (χ0n) is 16.1. The Labute approximate surface area is 169 Å². The van der Waals surface area contributed by atoms with Gasteiger partial charge in [0.1, 0.15) is 5.82 Å². The normalized spacial score (nSPS) is 21.0. The first-order valence-corrected chi connectivity index (χ1v) is 9.84. The number of likely N-dealkylation sites (tertiary alicyclic amines) is 1. The highest BCUT2D eigenvalue weighted by Crippen LogP contribution is 2.36. The lowest BCUT2D eigenvalue weighted by molar-refractivity contribution is 0.130. The summed E-state index contributed by atoms with van der Waals surface area (Å²) in [6.07, 6.45) is 0.755. The minimum atomic E-state index is -0.793. The zero-order valence-corrected chi connectivity index (χ0v) is 16.1. The Morgan fingerprint density at radius 2 is 1.86 bits per heavy atom. The van der Waals surface area contributed by atoms with Gasteiger partial charge in [0.25, 0.3) is 0 Å². The highest BCUT2D eigenvalue weighted by molar-refractivity contribution is 5.76. The van der Waals surface area contributed by atoms with Crippen LogP contribution < -0.4 is 5.73 Å². The number of hydrogen-bond donors (Lipinski definition) is 1. The Bertz CT molecular complexity index is 902. The third-order valence-electron chi connectivity index (χ3n) is 5.73. The van der Waals surface area contributed by atoms with Crippen LogP contribution in [0.5, 0.6) is 0 Å². The molecule has 0 radical (unpaired) electrons. The number of fused-ring (bicyclic) bond motifs is 1. The van der Waals surface area contributed by atoms with Gasteiger partial charge in [-0.05, 0) is 41.7 Å². The van der Waals surface area contributed by atoms with Crippen LogP contribution in [0.2, 0.25) is 0 Å². The molecule has 1 fully saturated rings. The molecule has 1 saturated heterocycles. The number of carbonyl (C=O) groups is 2. The second-order valence-corrected chi connectivity index (χ2v) is 7.61. The number of rotatable bonds is 3. The van der Waals surface area contributed by atoms with Crippen LogP contribution in [0.1, 0.15) is 29.2 Å². The molecule has 3 amide bonds. The lowest BCUT2D eigenvalue weighted by Gasteiger charge is -2.39. The Morgan fingerprint density at radius 1 is 1.10 bits per heavy atom. The van der Waals surface area contributed by atoms with Gasteiger partial charge in [0.2, 0.25) is 0 Å². The maximum atomic E-state index is 13.5. The van der Waals surface area contributed by atoms with Crippen molar-refractivity contribution < 1.29 is 18.7 Å². The molecular weight excluding hydrogens is 373 g/mol. The molecule has 2 aliphatic heterocycles. The van der Waals surface area contributed by atoms with Crippen molar-refractivity contribution in [3.05, 3.63) is 71.0 Å². The molecule has 6 nitrogen and oxygen atoms in total. The fourth-order valence-corrected chi connectivity index (χ4v) is 4.30. The van der Waals surface area contributed by atoms with E-state index in [0.29, 0.717) is 19.6 Å². The van der Waals surface area contributed by atoms with Crippen LogP contribution in [-0.4, -0.2) is 48.2 Å². The van der Waals surface area contributed by atoms with Gasteiger partial charge in [-0.25, -0.2) is 14.0 Å². The van der Waals surface area contributed by atoms with Gasteiger partial charge in [0.05, 0.1) is 12.6 Å². The smallest absolute Gasteiger partial charge is 0.404 e. The van der Waals surface area contributed by atoms with Crippen molar-refractivity contribution >= 4 is 12.1 Å². The molecule has 7 heteroatoms. The van der Waals surface area contributed by atoms with E-state index in [9.17, 15) is 14.0 Å². The van der Waals surface area contributed by atoms with Gasteiger partial charge < -0.3 is 20.3 Å². The Kier molecular flexibility index (Phi) is 5.38. The zero-order chi connectivity index (χ0) is 20.4. The van der Waals surface area contributed by atoms with Gasteiger partial charge in [-0.3, -0.25) is 0 Å². The van der Waals surface area contributed by atoms with Crippen LogP contribution in [0.3, 0.4) is 0 Å². The van der Waals surface area contributed by atoms with Crippen LogP contribution in [0, 0.1) is 11.7 Å². The van der Waals surface area contributed by atoms with Crippen molar-refractivity contribution in [3.63, 3.8) is 0 Å². The maximum Gasteiger partial charge on any atom is 0.404 e. The monoisotopic (exact) mass is 397 g/mol. The number of amides is 3. The predicted octanol–water partition coefficient (Wildman–Crippen LogP) is 3.31. The first-order valence-electron chi connectivity index (χ1n) is 9.84. The average molecular weight is 397 g/mol. The second kappa shape index (κ2) is 8.11. The number of nitrogens with two attached hydrogens (primary N) is 1. The highest BCUT2D eigenvalue weighted by atomic mass is 19.1. The number of benzene rings is 2. The molecular formula is C22H24FN3O3. The lowest BCUT2D eigenvalue weighted by atomic mass is 9.88. The maximum absolute atomic E-state index is 13.5. The molecule has 2 atom stereocenters. The van der Waals surface area contributed by atoms with E-state index in [1.165, 1.54) is 17.7 Å². The van der Waals surface area contributed by atoms with Gasteiger partial charge in [0.15, 0.2) is 0 Å². The summed E-state index contributed by atoms with van der Waals surface area (Å²) in [5.74, 6) is -0.208. The van der Waals surface area contributed by atoms with E-state index < -0.39 is 6.09 Å². The number of urea groups is 1. The van der Waals surface area contributed by atoms with E-state index in [2.05, 4.69) is 6.07 Å². The SMILES string of the molecule is NC(=O)OCC1CCN(C(=O)N2CCc3ccccc3[C@@H]2c2ccc(F)cc2)C1. The molecule has 0 spiro atoms. The molecule has 1 unspecified atom stereocenters. The Balaban J connectivity index is 1.58. The average Bonchev–Trinajstić information content (AvgIpc) is 3.21. The topological polar surface area (TPSA) is 75.9 Å². The second-order valence-electron chi connectivity index (χ2n) is 7.61. The molecule has 152 valence electrons. The van der Waals surface area contributed by atoms with Crippen LogP contribution in [0.25, 0.3) is 0 Å². The molecule has 2 aliphatic rings. The Hall–Kier alpha value is -3.09. The molecule has 2 aromatic carbocycles. The highest BCUT2D eigenvalue weighted by Gasteiger charge is 2.36. The van der Waals surface area contributed by atoms with Crippen LogP contribution in [-0.2, 0) is 11.2 Å². The number of halogens is 1. The fraction of sp³-hybridized carbons (Fsp3) is 0.364. The summed E-state index contributed by atoms with van der Waals surface area (Å²) in [4.78, 5) is 27.9. The van der Waals surface area contributed by atoms with Gasteiger partial charge >= 0.3 is 12.1 Å². The summed E-state index contributed by atoms with van der Waals surface area (Å²) >= 11 is 0. The van der Waals surface area contributed by atoms with Crippen molar-refractivity contribution in [2.45, 2.75) is 18.9 Å². The minimum Gasteiger partial charge on any atom is -0.449 e. The molecule has 0 bridgehead atoms. The minimum absolute atomic E-state index is 0.0459. The van der Waals surface area contributed by atoms with E-state index >= 15 is 0 Å². The van der Waals surface area contributed by atoms with Gasteiger partial charge in [0, 0.05) is 25.6 Å². The summed E-state index contributed by atoms with van der Waals surface area (Å²) in [6.45, 7) is 1.96. The molecule has 0 saturated carbocycles. The third-order valence-corrected chi connectivity index (χ3v) is 5.73. The van der Waals surface area contributed by atoms with E-state index in [-0.39, 0.29) is 30.4 Å². The molecule has 29 heavy (non-hydrogen) atoms. The number of primary amides is 1. The molecule has 0 aromatic heterocycles. The first-order chi connectivity index (χ1) is 14.0. The lowest BCUT2D eigenvalue weighted by Crippen LogP contribution is -2.47. The molecule has 2 heterocycles. The predicted molar refractivity (Wildman–Crippen MR) is 106 cm³/mol. The summed E-state index contributed by atoms with van der Waals surface area (Å²) in [5, 5.41) is 0. The number of carbonyl (C=O) groups excluding carboxylic acids is 2. The first kappa shape index (κ1) is 19.2. The van der Waals surface area contributed by atoms with Gasteiger partial charge in [-0.1, -0.05) is 36.4 Å². The van der Waals surface area contributed by atoms with E-state index in [4.69, 9.17) is 10.5 Å². The summed E-state index contributed by atoms with van der Waals surface area (Å²) in [7, 11) is 0. The van der Waals surface area contributed by atoms with Crippen molar-refractivity contribution in [1.29, 1.82) is 0 Å². The molecule has 2 aromatic rings. The van der Waals surface area contributed by atoms with Crippen LogP contribution >= 0.6 is 0 Å². The number of ether oxygens (including phenoxy) is 1. The van der Waals surface area contributed by atoms with Crippen molar-refractivity contribution in [3.8, 4) is 0 Å². The molecule has 4 rings (SSSR count). The summed E-state index contributed by atoms with van der Waals surface area (Å²) in [5.41, 5.74) is 8.22. The summed E-state index contributed by atoms with van der Waals surface area (Å²) < 4.78 is 18.4. The largest absolute Gasteiger partial charge is 0.449 e.